The van der Waals surface area contributed by atoms with Gasteiger partial charge in [0.25, 0.3) is 0 Å². The standard InChI is InChI=1S/C15H24N4O/c1-18-9-10-19(8-7-13(16)15(17)20)14(11-18)12-5-3-2-4-6-12/h2-6,13-14H,7-11,16H2,1H3,(H2,17,20). The first-order chi connectivity index (χ1) is 9.58. The van der Waals surface area contributed by atoms with Gasteiger partial charge in [0.05, 0.1) is 6.04 Å². The first kappa shape index (κ1) is 15.0. The highest BCUT2D eigenvalue weighted by atomic mass is 16.1. The quantitative estimate of drug-likeness (QED) is 0.804. The summed E-state index contributed by atoms with van der Waals surface area (Å²) in [6.07, 6.45) is 0.613. The summed E-state index contributed by atoms with van der Waals surface area (Å²) in [6.45, 7) is 3.82. The molecule has 4 N–H and O–H groups in total. The fraction of sp³-hybridized carbons (Fsp3) is 0.533. The van der Waals surface area contributed by atoms with Crippen LogP contribution in [0.3, 0.4) is 0 Å². The van der Waals surface area contributed by atoms with Crippen molar-refractivity contribution in [3.8, 4) is 0 Å². The van der Waals surface area contributed by atoms with E-state index in [1.54, 1.807) is 0 Å². The molecule has 2 atom stereocenters. The fourth-order valence-corrected chi connectivity index (χ4v) is 2.66. The zero-order valence-corrected chi connectivity index (χ0v) is 12.0. The Labute approximate surface area is 120 Å². The van der Waals surface area contributed by atoms with Crippen LogP contribution in [0, 0.1) is 0 Å². The Balaban J connectivity index is 2.03. The van der Waals surface area contributed by atoms with E-state index < -0.39 is 11.9 Å². The molecular formula is C15H24N4O. The van der Waals surface area contributed by atoms with Crippen molar-refractivity contribution < 1.29 is 4.79 Å². The molecule has 0 aliphatic carbocycles. The largest absolute Gasteiger partial charge is 0.368 e. The second-order valence-corrected chi connectivity index (χ2v) is 5.52. The number of carbonyl (C=O) groups excluding carboxylic acids is 1. The molecule has 1 fully saturated rings. The molecule has 1 aliphatic rings. The molecule has 20 heavy (non-hydrogen) atoms. The lowest BCUT2D eigenvalue weighted by Gasteiger charge is -2.40. The third kappa shape index (κ3) is 3.79. The van der Waals surface area contributed by atoms with Crippen LogP contribution in [0.2, 0.25) is 0 Å². The molecule has 1 aromatic rings. The van der Waals surface area contributed by atoms with Crippen LogP contribution >= 0.6 is 0 Å². The summed E-state index contributed by atoms with van der Waals surface area (Å²) in [4.78, 5) is 15.8. The van der Waals surface area contributed by atoms with E-state index in [1.165, 1.54) is 5.56 Å². The van der Waals surface area contributed by atoms with Crippen molar-refractivity contribution in [3.63, 3.8) is 0 Å². The molecule has 1 saturated heterocycles. The Kier molecular flexibility index (Phi) is 5.11. The Morgan fingerprint density at radius 1 is 1.35 bits per heavy atom. The van der Waals surface area contributed by atoms with Gasteiger partial charge in [-0.25, -0.2) is 0 Å². The van der Waals surface area contributed by atoms with Gasteiger partial charge in [-0.3, -0.25) is 9.69 Å². The second kappa shape index (κ2) is 6.83. The molecule has 0 aromatic heterocycles. The lowest BCUT2D eigenvalue weighted by Crippen LogP contribution is -2.48. The minimum absolute atomic E-state index is 0.357. The first-order valence-electron chi connectivity index (χ1n) is 7.10. The predicted molar refractivity (Wildman–Crippen MR) is 80.0 cm³/mol. The van der Waals surface area contributed by atoms with Gasteiger partial charge in [-0.1, -0.05) is 30.3 Å². The van der Waals surface area contributed by atoms with Gasteiger partial charge < -0.3 is 16.4 Å². The molecule has 1 heterocycles. The van der Waals surface area contributed by atoms with Crippen molar-refractivity contribution in [2.45, 2.75) is 18.5 Å². The topological polar surface area (TPSA) is 75.6 Å². The van der Waals surface area contributed by atoms with Crippen LogP contribution in [-0.2, 0) is 4.79 Å². The Hall–Kier alpha value is -1.43. The van der Waals surface area contributed by atoms with Gasteiger partial charge in [0.15, 0.2) is 0 Å². The van der Waals surface area contributed by atoms with Gasteiger partial charge in [0.1, 0.15) is 0 Å². The highest BCUT2D eigenvalue weighted by Gasteiger charge is 2.26. The zero-order valence-electron chi connectivity index (χ0n) is 12.0. The lowest BCUT2D eigenvalue weighted by molar-refractivity contribution is -0.119. The average Bonchev–Trinajstić information content (AvgIpc) is 2.46. The van der Waals surface area contributed by atoms with E-state index in [0.717, 1.165) is 26.2 Å². The second-order valence-electron chi connectivity index (χ2n) is 5.52. The molecule has 0 spiro atoms. The summed E-state index contributed by atoms with van der Waals surface area (Å²) >= 11 is 0. The SMILES string of the molecule is CN1CCN(CCC(N)C(N)=O)C(c2ccccc2)C1. The van der Waals surface area contributed by atoms with Gasteiger partial charge in [0, 0.05) is 32.2 Å². The van der Waals surface area contributed by atoms with Crippen molar-refractivity contribution >= 4 is 5.91 Å². The minimum atomic E-state index is -0.550. The Bertz CT molecular complexity index is 437. The number of benzene rings is 1. The van der Waals surface area contributed by atoms with Crippen LogP contribution in [0.25, 0.3) is 0 Å². The number of carbonyl (C=O) groups is 1. The molecule has 0 saturated carbocycles. The van der Waals surface area contributed by atoms with E-state index in [2.05, 4.69) is 41.1 Å². The molecule has 5 nitrogen and oxygen atoms in total. The summed E-state index contributed by atoms with van der Waals surface area (Å²) in [7, 11) is 2.14. The fourth-order valence-electron chi connectivity index (χ4n) is 2.66. The summed E-state index contributed by atoms with van der Waals surface area (Å²) < 4.78 is 0. The van der Waals surface area contributed by atoms with Crippen molar-refractivity contribution in [2.24, 2.45) is 11.5 Å². The van der Waals surface area contributed by atoms with Crippen LogP contribution in [0.1, 0.15) is 18.0 Å². The number of hydrogen-bond acceptors (Lipinski definition) is 4. The van der Waals surface area contributed by atoms with E-state index in [9.17, 15) is 4.79 Å². The summed E-state index contributed by atoms with van der Waals surface area (Å²) in [5.41, 5.74) is 12.3. The van der Waals surface area contributed by atoms with E-state index in [-0.39, 0.29) is 0 Å². The smallest absolute Gasteiger partial charge is 0.234 e. The lowest BCUT2D eigenvalue weighted by atomic mass is 10.0. The number of nitrogens with two attached hydrogens (primary N) is 2. The molecule has 2 rings (SSSR count). The number of amides is 1. The number of rotatable bonds is 5. The number of primary amides is 1. The summed E-state index contributed by atoms with van der Waals surface area (Å²) in [5, 5.41) is 0. The zero-order chi connectivity index (χ0) is 14.5. The van der Waals surface area contributed by atoms with E-state index in [1.807, 2.05) is 6.07 Å². The van der Waals surface area contributed by atoms with Gasteiger partial charge in [-0.05, 0) is 19.0 Å². The van der Waals surface area contributed by atoms with Crippen molar-refractivity contribution in [1.82, 2.24) is 9.80 Å². The van der Waals surface area contributed by atoms with E-state index in [0.29, 0.717) is 12.5 Å². The van der Waals surface area contributed by atoms with Crippen LogP contribution in [0.4, 0.5) is 0 Å². The number of likely N-dealkylation sites (N-methyl/N-ethyl adjacent to an activating group) is 1. The third-order valence-electron chi connectivity index (χ3n) is 3.97. The molecular weight excluding hydrogens is 252 g/mol. The maximum absolute atomic E-state index is 11.0. The van der Waals surface area contributed by atoms with Gasteiger partial charge >= 0.3 is 0 Å². The molecule has 0 radical (unpaired) electrons. The monoisotopic (exact) mass is 276 g/mol. The van der Waals surface area contributed by atoms with Crippen LogP contribution in [-0.4, -0.2) is 55.0 Å². The average molecular weight is 276 g/mol. The summed E-state index contributed by atoms with van der Waals surface area (Å²) in [5.74, 6) is -0.421. The van der Waals surface area contributed by atoms with Gasteiger partial charge in [0.2, 0.25) is 5.91 Å². The maximum Gasteiger partial charge on any atom is 0.234 e. The number of hydrogen-bond donors (Lipinski definition) is 2. The summed E-state index contributed by atoms with van der Waals surface area (Å²) in [6, 6.07) is 10.3. The van der Waals surface area contributed by atoms with E-state index in [4.69, 9.17) is 11.5 Å². The highest BCUT2D eigenvalue weighted by molar-refractivity contribution is 5.79. The first-order valence-corrected chi connectivity index (χ1v) is 7.10. The minimum Gasteiger partial charge on any atom is -0.368 e. The Morgan fingerprint density at radius 2 is 2.05 bits per heavy atom. The molecule has 110 valence electrons. The number of piperazine rings is 1. The molecule has 1 aromatic carbocycles. The predicted octanol–water partition coefficient (Wildman–Crippen LogP) is 0.178. The molecule has 5 heteroatoms. The molecule has 0 bridgehead atoms. The normalized spacial score (nSPS) is 22.6. The third-order valence-corrected chi connectivity index (χ3v) is 3.97. The molecule has 1 amide bonds. The molecule has 2 unspecified atom stereocenters. The van der Waals surface area contributed by atoms with Crippen LogP contribution < -0.4 is 11.5 Å². The van der Waals surface area contributed by atoms with Gasteiger partial charge in [-0.15, -0.1) is 0 Å². The van der Waals surface area contributed by atoms with Gasteiger partial charge in [-0.2, -0.15) is 0 Å². The van der Waals surface area contributed by atoms with Crippen molar-refractivity contribution in [3.05, 3.63) is 35.9 Å². The molecule has 1 aliphatic heterocycles. The number of nitrogens with zero attached hydrogens (tertiary/aromatic N) is 2. The Morgan fingerprint density at radius 3 is 2.70 bits per heavy atom. The van der Waals surface area contributed by atoms with E-state index >= 15 is 0 Å². The van der Waals surface area contributed by atoms with Crippen molar-refractivity contribution in [1.29, 1.82) is 0 Å². The maximum atomic E-state index is 11.0. The highest BCUT2D eigenvalue weighted by Crippen LogP contribution is 2.24. The van der Waals surface area contributed by atoms with Crippen LogP contribution in [0.15, 0.2) is 30.3 Å². The van der Waals surface area contributed by atoms with Crippen molar-refractivity contribution in [2.75, 3.05) is 33.2 Å². The van der Waals surface area contributed by atoms with Crippen LogP contribution in [0.5, 0.6) is 0 Å².